The fourth-order valence-electron chi connectivity index (χ4n) is 4.43. The first-order valence-electron chi connectivity index (χ1n) is 14.7. The van der Waals surface area contributed by atoms with Gasteiger partial charge in [0.15, 0.2) is 5.16 Å². The van der Waals surface area contributed by atoms with Crippen LogP contribution in [-0.4, -0.2) is 39.6 Å². The molecule has 1 aromatic heterocycles. The number of amides is 1. The molecular weight excluding hydrogens is 516 g/mol. The van der Waals surface area contributed by atoms with Gasteiger partial charge in [0, 0.05) is 30.0 Å². The summed E-state index contributed by atoms with van der Waals surface area (Å²) in [6.07, 6.45) is 5.25. The predicted molar refractivity (Wildman–Crippen MR) is 167 cm³/mol. The normalized spacial score (nSPS) is 12.0. The largest absolute Gasteiger partial charge is 0.493 e. The van der Waals surface area contributed by atoms with Crippen molar-refractivity contribution >= 4 is 17.7 Å². The summed E-state index contributed by atoms with van der Waals surface area (Å²) in [4.78, 5) is 12.3. The molecule has 2 aromatic carbocycles. The highest BCUT2D eigenvalue weighted by Gasteiger charge is 2.26. The molecule has 0 aliphatic carbocycles. The number of hydrogen-bond donors (Lipinski definition) is 1. The van der Waals surface area contributed by atoms with Crippen LogP contribution in [0.5, 0.6) is 5.75 Å². The van der Waals surface area contributed by atoms with Crippen LogP contribution in [0.1, 0.15) is 97.0 Å². The summed E-state index contributed by atoms with van der Waals surface area (Å²) in [5.74, 6) is 2.76. The van der Waals surface area contributed by atoms with Crippen molar-refractivity contribution in [2.45, 2.75) is 103 Å². The lowest BCUT2D eigenvalue weighted by molar-refractivity contribution is -0.121. The van der Waals surface area contributed by atoms with E-state index >= 15 is 0 Å². The van der Waals surface area contributed by atoms with Crippen LogP contribution in [0.25, 0.3) is 5.69 Å². The topological polar surface area (TPSA) is 69.0 Å². The molecule has 0 bridgehead atoms. The first-order chi connectivity index (χ1) is 19.1. The van der Waals surface area contributed by atoms with Gasteiger partial charge in [0.05, 0.1) is 6.61 Å². The van der Waals surface area contributed by atoms with E-state index < -0.39 is 0 Å². The van der Waals surface area contributed by atoms with E-state index in [0.717, 1.165) is 60.3 Å². The summed E-state index contributed by atoms with van der Waals surface area (Å²) >= 11 is 1.64. The maximum Gasteiger partial charge on any atom is 0.220 e. The SMILES string of the molecule is CCC(C)(C)c1ccc(OCCCCNC(=O)CCCSc2nnc(C)n2-c2ccccc2)c(C(C)(C)CC)c1. The Morgan fingerprint density at radius 3 is 2.38 bits per heavy atom. The molecule has 0 fully saturated rings. The molecule has 7 heteroatoms. The molecule has 0 aliphatic rings. The van der Waals surface area contributed by atoms with E-state index in [-0.39, 0.29) is 16.7 Å². The van der Waals surface area contributed by atoms with Crippen LogP contribution in [-0.2, 0) is 15.6 Å². The van der Waals surface area contributed by atoms with E-state index in [1.165, 1.54) is 11.1 Å². The fourth-order valence-corrected chi connectivity index (χ4v) is 5.37. The molecule has 218 valence electrons. The summed E-state index contributed by atoms with van der Waals surface area (Å²) < 4.78 is 8.32. The highest BCUT2D eigenvalue weighted by molar-refractivity contribution is 7.99. The first-order valence-corrected chi connectivity index (χ1v) is 15.7. The Morgan fingerprint density at radius 1 is 0.950 bits per heavy atom. The smallest absolute Gasteiger partial charge is 0.220 e. The number of ether oxygens (including phenoxy) is 1. The second-order valence-corrected chi connectivity index (χ2v) is 12.8. The van der Waals surface area contributed by atoms with Crippen molar-refractivity contribution < 1.29 is 9.53 Å². The van der Waals surface area contributed by atoms with Crippen molar-refractivity contribution in [3.63, 3.8) is 0 Å². The van der Waals surface area contributed by atoms with Crippen LogP contribution >= 0.6 is 11.8 Å². The standard InChI is InChI=1S/C33H48N4O2S/c1-8-32(4,5)26-19-20-29(28(24-26)33(6,7)9-2)39-22-14-13-21-34-30(38)18-15-23-40-31-36-35-25(3)37(31)27-16-11-10-12-17-27/h10-12,16-17,19-20,24H,8-9,13-15,18,21-23H2,1-7H3,(H,34,38). The molecule has 0 saturated heterocycles. The van der Waals surface area contributed by atoms with Crippen molar-refractivity contribution in [2.75, 3.05) is 18.9 Å². The third kappa shape index (κ3) is 8.60. The molecule has 0 saturated carbocycles. The second-order valence-electron chi connectivity index (χ2n) is 11.7. The Balaban J connectivity index is 1.37. The lowest BCUT2D eigenvalue weighted by atomic mass is 9.76. The van der Waals surface area contributed by atoms with Gasteiger partial charge in [-0.05, 0) is 73.6 Å². The molecule has 0 atom stereocenters. The summed E-state index contributed by atoms with van der Waals surface area (Å²) in [6.45, 7) is 17.0. The third-order valence-corrected chi connectivity index (χ3v) is 9.01. The van der Waals surface area contributed by atoms with E-state index in [4.69, 9.17) is 4.74 Å². The minimum absolute atomic E-state index is 0.0531. The van der Waals surface area contributed by atoms with E-state index in [9.17, 15) is 4.79 Å². The highest BCUT2D eigenvalue weighted by atomic mass is 32.2. The number of carbonyl (C=O) groups excluding carboxylic acids is 1. The summed E-state index contributed by atoms with van der Waals surface area (Å²) in [7, 11) is 0. The quantitative estimate of drug-likeness (QED) is 0.142. The van der Waals surface area contributed by atoms with Gasteiger partial charge in [-0.15, -0.1) is 10.2 Å². The van der Waals surface area contributed by atoms with E-state index in [1.807, 2.05) is 37.3 Å². The number of hydrogen-bond acceptors (Lipinski definition) is 5. The number of nitrogens with one attached hydrogen (secondary N) is 1. The first kappa shape index (κ1) is 31.7. The van der Waals surface area contributed by atoms with Crippen molar-refractivity contribution in [3.8, 4) is 11.4 Å². The molecule has 1 heterocycles. The van der Waals surface area contributed by atoms with Crippen LogP contribution in [0.15, 0.2) is 53.7 Å². The van der Waals surface area contributed by atoms with Crippen LogP contribution in [0.3, 0.4) is 0 Å². The molecule has 3 rings (SSSR count). The molecular formula is C33H48N4O2S. The van der Waals surface area contributed by atoms with Gasteiger partial charge in [0.1, 0.15) is 11.6 Å². The molecule has 1 amide bonds. The number of nitrogens with zero attached hydrogens (tertiary/aromatic N) is 3. The van der Waals surface area contributed by atoms with Gasteiger partial charge in [-0.3, -0.25) is 9.36 Å². The van der Waals surface area contributed by atoms with E-state index in [0.29, 0.717) is 19.6 Å². The summed E-state index contributed by atoms with van der Waals surface area (Å²) in [5, 5.41) is 12.5. The minimum Gasteiger partial charge on any atom is -0.493 e. The number of thioether (sulfide) groups is 1. The number of carbonyl (C=O) groups is 1. The lowest BCUT2D eigenvalue weighted by Gasteiger charge is -2.30. The number of rotatable bonds is 16. The summed E-state index contributed by atoms with van der Waals surface area (Å²) in [5.41, 5.74) is 3.91. The lowest BCUT2D eigenvalue weighted by Crippen LogP contribution is -2.24. The van der Waals surface area contributed by atoms with Crippen molar-refractivity contribution in [3.05, 3.63) is 65.5 Å². The average molecular weight is 565 g/mol. The summed E-state index contributed by atoms with van der Waals surface area (Å²) in [6, 6.07) is 16.8. The molecule has 0 aliphatic heterocycles. The molecule has 3 aromatic rings. The Morgan fingerprint density at radius 2 is 1.68 bits per heavy atom. The van der Waals surface area contributed by atoms with Crippen molar-refractivity contribution in [2.24, 2.45) is 0 Å². The molecule has 1 N–H and O–H groups in total. The van der Waals surface area contributed by atoms with Crippen molar-refractivity contribution in [1.29, 1.82) is 0 Å². The Hall–Kier alpha value is -2.80. The van der Waals surface area contributed by atoms with E-state index in [2.05, 4.69) is 79.8 Å². The van der Waals surface area contributed by atoms with Gasteiger partial charge in [0.25, 0.3) is 0 Å². The van der Waals surface area contributed by atoms with Gasteiger partial charge in [-0.1, -0.05) is 83.6 Å². The van der Waals surface area contributed by atoms with Crippen molar-refractivity contribution in [1.82, 2.24) is 20.1 Å². The minimum atomic E-state index is 0.0531. The van der Waals surface area contributed by atoms with Crippen LogP contribution < -0.4 is 10.1 Å². The zero-order chi connectivity index (χ0) is 29.2. The Bertz CT molecular complexity index is 1220. The van der Waals surface area contributed by atoms with Gasteiger partial charge in [0.2, 0.25) is 5.91 Å². The predicted octanol–water partition coefficient (Wildman–Crippen LogP) is 7.80. The monoisotopic (exact) mass is 564 g/mol. The Labute approximate surface area is 245 Å². The highest BCUT2D eigenvalue weighted by Crippen LogP contribution is 2.38. The molecule has 0 unspecified atom stereocenters. The van der Waals surface area contributed by atoms with Gasteiger partial charge < -0.3 is 10.1 Å². The average Bonchev–Trinajstić information content (AvgIpc) is 3.33. The molecule has 6 nitrogen and oxygen atoms in total. The Kier molecular flexibility index (Phi) is 11.7. The third-order valence-electron chi connectivity index (χ3n) is 8.00. The van der Waals surface area contributed by atoms with Gasteiger partial charge in [-0.25, -0.2) is 0 Å². The maximum atomic E-state index is 12.3. The number of aromatic nitrogens is 3. The van der Waals surface area contributed by atoms with Crippen LogP contribution in [0, 0.1) is 6.92 Å². The zero-order valence-corrected chi connectivity index (χ0v) is 26.4. The number of unbranched alkanes of at least 4 members (excludes halogenated alkanes) is 1. The van der Waals surface area contributed by atoms with E-state index in [1.54, 1.807) is 11.8 Å². The number of aryl methyl sites for hydroxylation is 1. The van der Waals surface area contributed by atoms with Crippen LogP contribution in [0.4, 0.5) is 0 Å². The maximum absolute atomic E-state index is 12.3. The molecule has 0 spiro atoms. The second kappa shape index (κ2) is 14.7. The molecule has 0 radical (unpaired) electrons. The molecule has 40 heavy (non-hydrogen) atoms. The zero-order valence-electron chi connectivity index (χ0n) is 25.5. The fraction of sp³-hybridized carbons (Fsp3) is 0.545. The number of para-hydroxylation sites is 1. The van der Waals surface area contributed by atoms with Gasteiger partial charge in [-0.2, -0.15) is 0 Å². The van der Waals surface area contributed by atoms with Crippen LogP contribution in [0.2, 0.25) is 0 Å². The van der Waals surface area contributed by atoms with Gasteiger partial charge >= 0.3 is 0 Å². The number of benzene rings is 2.